The maximum absolute atomic E-state index is 11.2. The van der Waals surface area contributed by atoms with Gasteiger partial charge in [0.15, 0.2) is 5.78 Å². The number of Topliss-reactive ketones (excluding diaryl/α,β-unsaturated/α-hetero) is 1. The van der Waals surface area contributed by atoms with Gasteiger partial charge in [-0.05, 0) is 12.1 Å². The van der Waals surface area contributed by atoms with Crippen LogP contribution in [-0.4, -0.2) is 16.8 Å². The van der Waals surface area contributed by atoms with Crippen LogP contribution in [0.15, 0.2) is 24.3 Å². The molecule has 1 aromatic carbocycles. The number of carbonyl (C=O) groups excluding carboxylic acids is 2. The van der Waals surface area contributed by atoms with Gasteiger partial charge < -0.3 is 10.8 Å². The highest BCUT2D eigenvalue weighted by molar-refractivity contribution is 6.07. The highest BCUT2D eigenvalue weighted by Crippen LogP contribution is 2.12. The Morgan fingerprint density at radius 1 is 1.38 bits per heavy atom. The van der Waals surface area contributed by atoms with Gasteiger partial charge in [0, 0.05) is 5.56 Å². The van der Waals surface area contributed by atoms with E-state index in [9.17, 15) is 9.59 Å². The van der Waals surface area contributed by atoms with Crippen LogP contribution >= 0.6 is 0 Å². The molecule has 0 saturated heterocycles. The monoisotopic (exact) mass is 179 g/mol. The van der Waals surface area contributed by atoms with Crippen molar-refractivity contribution in [2.45, 2.75) is 6.42 Å². The van der Waals surface area contributed by atoms with Crippen molar-refractivity contribution >= 4 is 11.7 Å². The number of primary amides is 1. The third kappa shape index (κ3) is 2.59. The topological polar surface area (TPSA) is 80.4 Å². The van der Waals surface area contributed by atoms with Crippen molar-refractivity contribution in [3.63, 3.8) is 0 Å². The molecule has 3 N–H and O–H groups in total. The van der Waals surface area contributed by atoms with Crippen molar-refractivity contribution in [3.8, 4) is 5.75 Å². The molecule has 68 valence electrons. The maximum Gasteiger partial charge on any atom is 0.225 e. The van der Waals surface area contributed by atoms with Crippen LogP contribution in [-0.2, 0) is 4.79 Å². The fraction of sp³-hybridized carbons (Fsp3) is 0.111. The van der Waals surface area contributed by atoms with Gasteiger partial charge in [-0.15, -0.1) is 0 Å². The van der Waals surface area contributed by atoms with E-state index in [1.54, 1.807) is 0 Å². The van der Waals surface area contributed by atoms with E-state index in [2.05, 4.69) is 0 Å². The largest absolute Gasteiger partial charge is 0.508 e. The van der Waals surface area contributed by atoms with Crippen LogP contribution in [0.1, 0.15) is 16.8 Å². The van der Waals surface area contributed by atoms with E-state index >= 15 is 0 Å². The number of nitrogens with two attached hydrogens (primary N) is 1. The van der Waals surface area contributed by atoms with Crippen molar-refractivity contribution in [2.75, 3.05) is 0 Å². The predicted octanol–water partition coefficient (Wildman–Crippen LogP) is 0.450. The van der Waals surface area contributed by atoms with Gasteiger partial charge in [-0.2, -0.15) is 0 Å². The van der Waals surface area contributed by atoms with E-state index in [1.807, 2.05) is 0 Å². The number of phenols is 1. The summed E-state index contributed by atoms with van der Waals surface area (Å²) in [5, 5.41) is 9.03. The lowest BCUT2D eigenvalue weighted by Crippen LogP contribution is -2.16. The normalized spacial score (nSPS) is 9.54. The van der Waals surface area contributed by atoms with Crippen LogP contribution in [0.5, 0.6) is 5.75 Å². The summed E-state index contributed by atoms with van der Waals surface area (Å²) in [5.74, 6) is -1.06. The fourth-order valence-corrected chi connectivity index (χ4v) is 0.940. The summed E-state index contributed by atoms with van der Waals surface area (Å²) in [7, 11) is 0. The van der Waals surface area contributed by atoms with Crippen molar-refractivity contribution in [1.82, 2.24) is 0 Å². The Morgan fingerprint density at radius 2 is 2.08 bits per heavy atom. The molecule has 0 aliphatic heterocycles. The Kier molecular flexibility index (Phi) is 2.64. The smallest absolute Gasteiger partial charge is 0.225 e. The Balaban J connectivity index is 2.83. The zero-order chi connectivity index (χ0) is 9.84. The van der Waals surface area contributed by atoms with Gasteiger partial charge in [-0.1, -0.05) is 12.1 Å². The number of amides is 1. The van der Waals surface area contributed by atoms with E-state index in [1.165, 1.54) is 24.3 Å². The number of hydrogen-bond donors (Lipinski definition) is 2. The fourth-order valence-electron chi connectivity index (χ4n) is 0.940. The number of rotatable bonds is 3. The Labute approximate surface area is 75.0 Å². The molecule has 1 aromatic rings. The highest BCUT2D eigenvalue weighted by Gasteiger charge is 2.08. The van der Waals surface area contributed by atoms with Gasteiger partial charge >= 0.3 is 0 Å². The number of aromatic hydroxyl groups is 1. The van der Waals surface area contributed by atoms with E-state index < -0.39 is 5.91 Å². The summed E-state index contributed by atoms with van der Waals surface area (Å²) in [5.41, 5.74) is 5.14. The zero-order valence-corrected chi connectivity index (χ0v) is 6.86. The van der Waals surface area contributed by atoms with Crippen LogP contribution < -0.4 is 5.73 Å². The maximum atomic E-state index is 11.2. The second-order valence-corrected chi connectivity index (χ2v) is 2.62. The predicted molar refractivity (Wildman–Crippen MR) is 46.2 cm³/mol. The lowest BCUT2D eigenvalue weighted by atomic mass is 10.1. The van der Waals surface area contributed by atoms with Crippen LogP contribution in [0.2, 0.25) is 0 Å². The average Bonchev–Trinajstić information content (AvgIpc) is 2.03. The number of phenolic OH excluding ortho intramolecular Hbond substituents is 1. The van der Waals surface area contributed by atoms with Crippen molar-refractivity contribution in [2.24, 2.45) is 5.73 Å². The summed E-state index contributed by atoms with van der Waals surface area (Å²) in [4.78, 5) is 21.6. The molecule has 0 heterocycles. The van der Waals surface area contributed by atoms with Crippen molar-refractivity contribution in [1.29, 1.82) is 0 Å². The molecule has 0 aliphatic rings. The summed E-state index contributed by atoms with van der Waals surface area (Å²) in [6, 6.07) is 5.79. The summed E-state index contributed by atoms with van der Waals surface area (Å²) >= 11 is 0. The third-order valence-electron chi connectivity index (χ3n) is 1.50. The first kappa shape index (κ1) is 9.25. The van der Waals surface area contributed by atoms with Crippen LogP contribution in [0.25, 0.3) is 0 Å². The van der Waals surface area contributed by atoms with Crippen molar-refractivity contribution in [3.05, 3.63) is 29.8 Å². The first-order valence-electron chi connectivity index (χ1n) is 3.70. The Morgan fingerprint density at radius 3 is 2.62 bits per heavy atom. The van der Waals surface area contributed by atoms with Crippen LogP contribution in [0.4, 0.5) is 0 Å². The highest BCUT2D eigenvalue weighted by atomic mass is 16.3. The lowest BCUT2D eigenvalue weighted by molar-refractivity contribution is -0.117. The van der Waals surface area contributed by atoms with E-state index in [-0.39, 0.29) is 18.0 Å². The zero-order valence-electron chi connectivity index (χ0n) is 6.86. The molecular weight excluding hydrogens is 170 g/mol. The standard InChI is InChI=1S/C9H9NO3/c10-9(13)5-8(12)6-2-1-3-7(11)4-6/h1-4,11H,5H2,(H2,10,13). The molecule has 0 saturated carbocycles. The quantitative estimate of drug-likeness (QED) is 0.522. The molecule has 0 spiro atoms. The molecule has 0 fully saturated rings. The minimum Gasteiger partial charge on any atom is -0.508 e. The molecule has 0 aromatic heterocycles. The molecule has 0 aliphatic carbocycles. The Hall–Kier alpha value is -1.84. The van der Waals surface area contributed by atoms with Gasteiger partial charge in [0.1, 0.15) is 5.75 Å². The number of benzene rings is 1. The molecule has 0 unspecified atom stereocenters. The molecule has 1 rings (SSSR count). The summed E-state index contributed by atoms with van der Waals surface area (Å²) < 4.78 is 0. The van der Waals surface area contributed by atoms with Gasteiger partial charge in [-0.3, -0.25) is 9.59 Å². The number of ketones is 1. The van der Waals surface area contributed by atoms with Crippen molar-refractivity contribution < 1.29 is 14.7 Å². The first-order valence-corrected chi connectivity index (χ1v) is 3.70. The third-order valence-corrected chi connectivity index (χ3v) is 1.50. The van der Waals surface area contributed by atoms with Gasteiger partial charge in [0.05, 0.1) is 6.42 Å². The minimum absolute atomic E-state index is 0.00433. The molecule has 0 bridgehead atoms. The number of carbonyl (C=O) groups is 2. The summed E-state index contributed by atoms with van der Waals surface area (Å²) in [6.07, 6.45) is -0.330. The second-order valence-electron chi connectivity index (χ2n) is 2.62. The van der Waals surface area contributed by atoms with Gasteiger partial charge in [0.2, 0.25) is 5.91 Å². The van der Waals surface area contributed by atoms with E-state index in [0.29, 0.717) is 5.56 Å². The number of hydrogen-bond acceptors (Lipinski definition) is 3. The Bertz CT molecular complexity index is 346. The van der Waals surface area contributed by atoms with Gasteiger partial charge in [-0.25, -0.2) is 0 Å². The van der Waals surface area contributed by atoms with E-state index in [0.717, 1.165) is 0 Å². The van der Waals surface area contributed by atoms with Gasteiger partial charge in [0.25, 0.3) is 0 Å². The minimum atomic E-state index is -0.673. The molecule has 0 atom stereocenters. The summed E-state index contributed by atoms with van der Waals surface area (Å²) in [6.45, 7) is 0. The molecule has 0 radical (unpaired) electrons. The SMILES string of the molecule is NC(=O)CC(=O)c1cccc(O)c1. The van der Waals surface area contributed by atoms with E-state index in [4.69, 9.17) is 10.8 Å². The first-order chi connectivity index (χ1) is 6.09. The molecular formula is C9H9NO3. The van der Waals surface area contributed by atoms with Crippen LogP contribution in [0, 0.1) is 0 Å². The van der Waals surface area contributed by atoms with Crippen LogP contribution in [0.3, 0.4) is 0 Å². The second kappa shape index (κ2) is 3.71. The molecule has 4 heteroatoms. The molecule has 13 heavy (non-hydrogen) atoms. The molecule has 1 amide bonds. The lowest BCUT2D eigenvalue weighted by Gasteiger charge is -1.98. The average molecular weight is 179 g/mol. The molecule has 4 nitrogen and oxygen atoms in total.